The van der Waals surface area contributed by atoms with Crippen molar-refractivity contribution < 1.29 is 0 Å². The third-order valence-electron chi connectivity index (χ3n) is 2.97. The molecule has 2 heterocycles. The molecule has 0 amide bonds. The normalized spacial score (nSPS) is 20.2. The summed E-state index contributed by atoms with van der Waals surface area (Å²) < 4.78 is 0. The minimum Gasteiger partial charge on any atom is -0.314 e. The molecule has 1 aromatic heterocycles. The number of likely N-dealkylation sites (N-methyl/N-ethyl adjacent to an activating group) is 1. The van der Waals surface area contributed by atoms with Crippen LogP contribution in [0.2, 0.25) is 0 Å². The molecule has 72 valence electrons. The van der Waals surface area contributed by atoms with Crippen molar-refractivity contribution in [1.29, 1.82) is 0 Å². The van der Waals surface area contributed by atoms with Crippen LogP contribution in [0.1, 0.15) is 18.5 Å². The molecule has 13 heavy (non-hydrogen) atoms. The second-order valence-corrected chi connectivity index (χ2v) is 4.49. The number of nitrogens with zero attached hydrogens (tertiary/aromatic N) is 1. The molecular weight excluding hydrogens is 180 g/mol. The van der Waals surface area contributed by atoms with E-state index in [0.717, 1.165) is 19.1 Å². The summed E-state index contributed by atoms with van der Waals surface area (Å²) in [4.78, 5) is 2.46. The van der Waals surface area contributed by atoms with Gasteiger partial charge in [-0.3, -0.25) is 4.90 Å². The zero-order valence-electron chi connectivity index (χ0n) is 8.16. The molecule has 1 fully saturated rings. The highest BCUT2D eigenvalue weighted by Gasteiger charge is 2.25. The Morgan fingerprint density at radius 1 is 1.62 bits per heavy atom. The van der Waals surface area contributed by atoms with E-state index in [1.54, 1.807) is 11.3 Å². The van der Waals surface area contributed by atoms with Gasteiger partial charge in [-0.2, -0.15) is 11.3 Å². The van der Waals surface area contributed by atoms with Gasteiger partial charge < -0.3 is 5.32 Å². The molecule has 1 aliphatic heterocycles. The van der Waals surface area contributed by atoms with Crippen molar-refractivity contribution in [1.82, 2.24) is 10.2 Å². The van der Waals surface area contributed by atoms with Crippen molar-refractivity contribution in [3.8, 4) is 0 Å². The fourth-order valence-electron chi connectivity index (χ4n) is 1.63. The molecule has 3 heteroatoms. The summed E-state index contributed by atoms with van der Waals surface area (Å²) >= 11 is 1.78. The highest BCUT2D eigenvalue weighted by atomic mass is 32.1. The standard InChI is InChI=1S/C10H16N2S/c1-8(9-3-4-13-7-9)12(2)10-5-11-6-10/h3-4,7-8,10-11H,5-6H2,1-2H3. The Balaban J connectivity index is 1.99. The first-order valence-electron chi connectivity index (χ1n) is 4.74. The fraction of sp³-hybridized carbons (Fsp3) is 0.600. The van der Waals surface area contributed by atoms with Crippen LogP contribution in [-0.2, 0) is 0 Å². The molecule has 0 spiro atoms. The van der Waals surface area contributed by atoms with Crippen molar-refractivity contribution in [2.45, 2.75) is 19.0 Å². The first-order chi connectivity index (χ1) is 6.29. The average Bonchev–Trinajstić information content (AvgIpc) is 2.51. The number of nitrogens with one attached hydrogen (secondary N) is 1. The maximum Gasteiger partial charge on any atom is 0.0348 e. The van der Waals surface area contributed by atoms with Gasteiger partial charge in [-0.15, -0.1) is 0 Å². The molecular formula is C10H16N2S. The molecule has 0 aromatic carbocycles. The molecule has 1 N–H and O–H groups in total. The van der Waals surface area contributed by atoms with Gasteiger partial charge in [0.2, 0.25) is 0 Å². The molecule has 1 atom stereocenters. The molecule has 2 rings (SSSR count). The summed E-state index contributed by atoms with van der Waals surface area (Å²) in [5, 5.41) is 7.70. The molecule has 0 aliphatic carbocycles. The Labute approximate surface area is 83.6 Å². The highest BCUT2D eigenvalue weighted by molar-refractivity contribution is 7.07. The van der Waals surface area contributed by atoms with Gasteiger partial charge in [-0.25, -0.2) is 0 Å². The van der Waals surface area contributed by atoms with Crippen LogP contribution in [0.3, 0.4) is 0 Å². The second kappa shape index (κ2) is 3.78. The van der Waals surface area contributed by atoms with Crippen molar-refractivity contribution in [3.05, 3.63) is 22.4 Å². The summed E-state index contributed by atoms with van der Waals surface area (Å²) in [6.07, 6.45) is 0. The van der Waals surface area contributed by atoms with Crippen LogP contribution in [0.4, 0.5) is 0 Å². The van der Waals surface area contributed by atoms with Gasteiger partial charge in [0.15, 0.2) is 0 Å². The van der Waals surface area contributed by atoms with Gasteiger partial charge in [0, 0.05) is 25.2 Å². The van der Waals surface area contributed by atoms with E-state index in [1.807, 2.05) is 0 Å². The fourth-order valence-corrected chi connectivity index (χ4v) is 2.37. The molecule has 1 unspecified atom stereocenters. The van der Waals surface area contributed by atoms with Gasteiger partial charge in [-0.05, 0) is 36.4 Å². The summed E-state index contributed by atoms with van der Waals surface area (Å²) in [6, 6.07) is 3.51. The predicted octanol–water partition coefficient (Wildman–Crippen LogP) is 1.71. The maximum absolute atomic E-state index is 3.30. The van der Waals surface area contributed by atoms with Crippen LogP contribution in [0.15, 0.2) is 16.8 Å². The quantitative estimate of drug-likeness (QED) is 0.792. The lowest BCUT2D eigenvalue weighted by atomic mass is 10.1. The van der Waals surface area contributed by atoms with E-state index >= 15 is 0 Å². The third kappa shape index (κ3) is 1.77. The summed E-state index contributed by atoms with van der Waals surface area (Å²) in [6.45, 7) is 4.57. The van der Waals surface area contributed by atoms with E-state index in [9.17, 15) is 0 Å². The van der Waals surface area contributed by atoms with Crippen LogP contribution in [-0.4, -0.2) is 31.1 Å². The smallest absolute Gasteiger partial charge is 0.0348 e. The molecule has 0 saturated carbocycles. The number of hydrogen-bond donors (Lipinski definition) is 1. The maximum atomic E-state index is 3.30. The lowest BCUT2D eigenvalue weighted by Gasteiger charge is -2.39. The zero-order valence-corrected chi connectivity index (χ0v) is 8.97. The van der Waals surface area contributed by atoms with Crippen LogP contribution in [0.25, 0.3) is 0 Å². The number of rotatable bonds is 3. The van der Waals surface area contributed by atoms with Gasteiger partial charge in [-0.1, -0.05) is 0 Å². The Morgan fingerprint density at radius 3 is 2.85 bits per heavy atom. The monoisotopic (exact) mass is 196 g/mol. The van der Waals surface area contributed by atoms with Crippen LogP contribution in [0, 0.1) is 0 Å². The van der Waals surface area contributed by atoms with Crippen molar-refractivity contribution in [2.24, 2.45) is 0 Å². The van der Waals surface area contributed by atoms with Crippen LogP contribution < -0.4 is 5.32 Å². The van der Waals surface area contributed by atoms with E-state index in [1.165, 1.54) is 5.56 Å². The molecule has 1 aliphatic rings. The number of thiophene rings is 1. The van der Waals surface area contributed by atoms with E-state index in [2.05, 4.69) is 41.0 Å². The Hall–Kier alpha value is -0.380. The first-order valence-corrected chi connectivity index (χ1v) is 5.68. The van der Waals surface area contributed by atoms with Crippen molar-refractivity contribution >= 4 is 11.3 Å². The summed E-state index contributed by atoms with van der Waals surface area (Å²) in [5.74, 6) is 0. The largest absolute Gasteiger partial charge is 0.314 e. The second-order valence-electron chi connectivity index (χ2n) is 3.71. The molecule has 2 nitrogen and oxygen atoms in total. The topological polar surface area (TPSA) is 15.3 Å². The minimum absolute atomic E-state index is 0.554. The Kier molecular flexibility index (Phi) is 2.67. The van der Waals surface area contributed by atoms with E-state index in [4.69, 9.17) is 0 Å². The molecule has 0 bridgehead atoms. The average molecular weight is 196 g/mol. The Bertz CT molecular complexity index is 254. The molecule has 0 radical (unpaired) electrons. The zero-order chi connectivity index (χ0) is 9.26. The summed E-state index contributed by atoms with van der Waals surface area (Å²) in [5.41, 5.74) is 1.44. The molecule has 1 aromatic rings. The minimum atomic E-state index is 0.554. The first kappa shape index (κ1) is 9.19. The SMILES string of the molecule is CC(c1ccsc1)N(C)C1CNC1. The van der Waals surface area contributed by atoms with Gasteiger partial charge >= 0.3 is 0 Å². The Morgan fingerprint density at radius 2 is 2.38 bits per heavy atom. The van der Waals surface area contributed by atoms with Gasteiger partial charge in [0.05, 0.1) is 0 Å². The van der Waals surface area contributed by atoms with Crippen molar-refractivity contribution in [2.75, 3.05) is 20.1 Å². The third-order valence-corrected chi connectivity index (χ3v) is 3.67. The van der Waals surface area contributed by atoms with Crippen LogP contribution >= 0.6 is 11.3 Å². The van der Waals surface area contributed by atoms with E-state index in [-0.39, 0.29) is 0 Å². The lowest BCUT2D eigenvalue weighted by molar-refractivity contribution is 0.136. The predicted molar refractivity (Wildman–Crippen MR) is 57.2 cm³/mol. The van der Waals surface area contributed by atoms with E-state index in [0.29, 0.717) is 6.04 Å². The van der Waals surface area contributed by atoms with E-state index < -0.39 is 0 Å². The van der Waals surface area contributed by atoms with Gasteiger partial charge in [0.25, 0.3) is 0 Å². The highest BCUT2D eigenvalue weighted by Crippen LogP contribution is 2.23. The lowest BCUT2D eigenvalue weighted by Crippen LogP contribution is -2.56. The van der Waals surface area contributed by atoms with Crippen LogP contribution in [0.5, 0.6) is 0 Å². The summed E-state index contributed by atoms with van der Waals surface area (Å²) in [7, 11) is 2.22. The van der Waals surface area contributed by atoms with Gasteiger partial charge in [0.1, 0.15) is 0 Å². The number of hydrogen-bond acceptors (Lipinski definition) is 3. The van der Waals surface area contributed by atoms with Crippen molar-refractivity contribution in [3.63, 3.8) is 0 Å². The molecule has 1 saturated heterocycles.